The van der Waals surface area contributed by atoms with Crippen molar-refractivity contribution in [3.8, 4) is 0 Å². The first-order chi connectivity index (χ1) is 7.56. The van der Waals surface area contributed by atoms with Crippen molar-refractivity contribution in [2.45, 2.75) is 19.4 Å². The van der Waals surface area contributed by atoms with Crippen LogP contribution in [0.25, 0.3) is 0 Å². The Morgan fingerprint density at radius 3 is 2.81 bits per heavy atom. The fourth-order valence-corrected chi connectivity index (χ4v) is 1.42. The lowest BCUT2D eigenvalue weighted by molar-refractivity contribution is 0.604. The van der Waals surface area contributed by atoms with Gasteiger partial charge in [-0.1, -0.05) is 6.92 Å². The van der Waals surface area contributed by atoms with Crippen LogP contribution in [0.3, 0.4) is 0 Å². The SMILES string of the molecule is CC1CC1N=C(N)Nc1cc(F)ccc1F. The summed E-state index contributed by atoms with van der Waals surface area (Å²) in [5.74, 6) is -0.420. The van der Waals surface area contributed by atoms with E-state index in [1.165, 1.54) is 0 Å². The maximum Gasteiger partial charge on any atom is 0.193 e. The number of nitrogens with zero attached hydrogens (tertiary/aromatic N) is 1. The summed E-state index contributed by atoms with van der Waals surface area (Å²) in [5.41, 5.74) is 5.59. The molecule has 2 unspecified atom stereocenters. The van der Waals surface area contributed by atoms with Crippen LogP contribution in [0.5, 0.6) is 0 Å². The van der Waals surface area contributed by atoms with Gasteiger partial charge in [0.05, 0.1) is 11.7 Å². The van der Waals surface area contributed by atoms with Crippen LogP contribution in [0.2, 0.25) is 0 Å². The molecule has 3 N–H and O–H groups in total. The fraction of sp³-hybridized carbons (Fsp3) is 0.364. The van der Waals surface area contributed by atoms with Crippen molar-refractivity contribution in [1.29, 1.82) is 0 Å². The maximum absolute atomic E-state index is 13.2. The molecule has 1 aliphatic carbocycles. The summed E-state index contributed by atoms with van der Waals surface area (Å²) in [4.78, 5) is 4.13. The van der Waals surface area contributed by atoms with Gasteiger partial charge < -0.3 is 11.1 Å². The molecule has 5 heteroatoms. The number of rotatable bonds is 2. The standard InChI is InChI=1S/C11H13F2N3/c1-6-4-9(6)15-11(14)16-10-5-7(12)2-3-8(10)13/h2-3,5-6,9H,4H2,1H3,(H3,14,15,16). The molecule has 2 rings (SSSR count). The summed E-state index contributed by atoms with van der Waals surface area (Å²) >= 11 is 0. The first kappa shape index (κ1) is 10.9. The highest BCUT2D eigenvalue weighted by Gasteiger charge is 2.32. The van der Waals surface area contributed by atoms with Gasteiger partial charge in [0, 0.05) is 6.07 Å². The van der Waals surface area contributed by atoms with Crippen LogP contribution in [0.4, 0.5) is 14.5 Å². The minimum Gasteiger partial charge on any atom is -0.370 e. The predicted molar refractivity (Wildman–Crippen MR) is 59.2 cm³/mol. The predicted octanol–water partition coefficient (Wildman–Crippen LogP) is 2.10. The van der Waals surface area contributed by atoms with E-state index in [0.717, 1.165) is 24.6 Å². The van der Waals surface area contributed by atoms with Crippen LogP contribution >= 0.6 is 0 Å². The van der Waals surface area contributed by atoms with Gasteiger partial charge in [0.25, 0.3) is 0 Å². The molecule has 86 valence electrons. The van der Waals surface area contributed by atoms with Gasteiger partial charge in [0.1, 0.15) is 11.6 Å². The molecule has 1 aromatic rings. The number of hydrogen-bond donors (Lipinski definition) is 2. The number of aliphatic imine (C=N–C) groups is 1. The highest BCUT2D eigenvalue weighted by molar-refractivity contribution is 5.92. The number of nitrogens with one attached hydrogen (secondary N) is 1. The average molecular weight is 225 g/mol. The molecule has 0 aliphatic heterocycles. The number of benzene rings is 1. The topological polar surface area (TPSA) is 50.4 Å². The van der Waals surface area contributed by atoms with Crippen LogP contribution in [-0.2, 0) is 0 Å². The van der Waals surface area contributed by atoms with Gasteiger partial charge in [-0.05, 0) is 24.5 Å². The van der Waals surface area contributed by atoms with Gasteiger partial charge >= 0.3 is 0 Å². The largest absolute Gasteiger partial charge is 0.370 e. The van der Waals surface area contributed by atoms with Gasteiger partial charge in [-0.15, -0.1) is 0 Å². The summed E-state index contributed by atoms with van der Waals surface area (Å²) in [6.07, 6.45) is 0.994. The summed E-state index contributed by atoms with van der Waals surface area (Å²) in [5, 5.41) is 2.56. The normalized spacial score (nSPS) is 24.3. The highest BCUT2D eigenvalue weighted by Crippen LogP contribution is 2.32. The van der Waals surface area contributed by atoms with E-state index in [1.54, 1.807) is 0 Å². The molecule has 0 heterocycles. The van der Waals surface area contributed by atoms with E-state index in [2.05, 4.69) is 17.2 Å². The van der Waals surface area contributed by atoms with Gasteiger partial charge in [-0.2, -0.15) is 0 Å². The molecule has 0 bridgehead atoms. The van der Waals surface area contributed by atoms with Crippen molar-refractivity contribution in [2.24, 2.45) is 16.6 Å². The Kier molecular flexibility index (Phi) is 2.77. The van der Waals surface area contributed by atoms with Crippen molar-refractivity contribution in [3.05, 3.63) is 29.8 Å². The molecular weight excluding hydrogens is 212 g/mol. The second-order valence-corrected chi connectivity index (χ2v) is 4.04. The van der Waals surface area contributed by atoms with Crippen molar-refractivity contribution in [2.75, 3.05) is 5.32 Å². The molecular formula is C11H13F2N3. The molecule has 1 aliphatic rings. The molecule has 2 atom stereocenters. The molecule has 0 saturated heterocycles. The Bertz CT molecular complexity index is 431. The lowest BCUT2D eigenvalue weighted by Crippen LogP contribution is -2.23. The van der Waals surface area contributed by atoms with E-state index in [-0.39, 0.29) is 17.7 Å². The molecule has 1 aromatic carbocycles. The van der Waals surface area contributed by atoms with Crippen molar-refractivity contribution in [1.82, 2.24) is 0 Å². The van der Waals surface area contributed by atoms with E-state index in [0.29, 0.717) is 5.92 Å². The van der Waals surface area contributed by atoms with Crippen LogP contribution < -0.4 is 11.1 Å². The Morgan fingerprint density at radius 1 is 1.50 bits per heavy atom. The lowest BCUT2D eigenvalue weighted by atomic mass is 10.3. The third kappa shape index (κ3) is 2.48. The minimum atomic E-state index is -0.552. The zero-order valence-corrected chi connectivity index (χ0v) is 8.87. The van der Waals surface area contributed by atoms with Gasteiger partial charge in [0.2, 0.25) is 0 Å². The fourth-order valence-electron chi connectivity index (χ4n) is 1.42. The Labute approximate surface area is 92.4 Å². The number of hydrogen-bond acceptors (Lipinski definition) is 1. The molecule has 1 saturated carbocycles. The zero-order chi connectivity index (χ0) is 11.7. The second-order valence-electron chi connectivity index (χ2n) is 4.04. The summed E-state index contributed by atoms with van der Waals surface area (Å²) in [6.45, 7) is 2.06. The first-order valence-electron chi connectivity index (χ1n) is 5.11. The third-order valence-corrected chi connectivity index (χ3v) is 2.56. The third-order valence-electron chi connectivity index (χ3n) is 2.56. The minimum absolute atomic E-state index is 0.00885. The van der Waals surface area contributed by atoms with Crippen molar-refractivity contribution < 1.29 is 8.78 Å². The van der Waals surface area contributed by atoms with E-state index < -0.39 is 11.6 Å². The number of anilines is 1. The highest BCUT2D eigenvalue weighted by atomic mass is 19.1. The lowest BCUT2D eigenvalue weighted by Gasteiger charge is -2.06. The Hall–Kier alpha value is -1.65. The van der Waals surface area contributed by atoms with Gasteiger partial charge in [-0.3, -0.25) is 0 Å². The maximum atomic E-state index is 13.2. The molecule has 0 spiro atoms. The van der Waals surface area contributed by atoms with E-state index in [1.807, 2.05) is 0 Å². The molecule has 0 radical (unpaired) electrons. The van der Waals surface area contributed by atoms with Crippen LogP contribution in [0, 0.1) is 17.6 Å². The number of halogens is 2. The van der Waals surface area contributed by atoms with Gasteiger partial charge in [-0.25, -0.2) is 13.8 Å². The van der Waals surface area contributed by atoms with E-state index in [4.69, 9.17) is 5.73 Å². The first-order valence-corrected chi connectivity index (χ1v) is 5.11. The Morgan fingerprint density at radius 2 is 2.19 bits per heavy atom. The monoisotopic (exact) mass is 225 g/mol. The van der Waals surface area contributed by atoms with E-state index >= 15 is 0 Å². The van der Waals surface area contributed by atoms with Crippen molar-refractivity contribution >= 4 is 11.6 Å². The van der Waals surface area contributed by atoms with Crippen LogP contribution in [0.1, 0.15) is 13.3 Å². The molecule has 1 fully saturated rings. The molecule has 3 nitrogen and oxygen atoms in total. The summed E-state index contributed by atoms with van der Waals surface area (Å²) in [7, 11) is 0. The van der Waals surface area contributed by atoms with E-state index in [9.17, 15) is 8.78 Å². The molecule has 0 aromatic heterocycles. The summed E-state index contributed by atoms with van der Waals surface area (Å²) in [6, 6.07) is 3.36. The Balaban J connectivity index is 2.08. The quantitative estimate of drug-likeness (QED) is 0.598. The van der Waals surface area contributed by atoms with Gasteiger partial charge in [0.15, 0.2) is 5.96 Å². The average Bonchev–Trinajstić information content (AvgIpc) is 2.88. The second kappa shape index (κ2) is 4.08. The zero-order valence-electron chi connectivity index (χ0n) is 8.87. The number of nitrogens with two attached hydrogens (primary N) is 1. The van der Waals surface area contributed by atoms with Crippen molar-refractivity contribution in [3.63, 3.8) is 0 Å². The van der Waals surface area contributed by atoms with Crippen LogP contribution in [-0.4, -0.2) is 12.0 Å². The molecule has 0 amide bonds. The van der Waals surface area contributed by atoms with Crippen LogP contribution in [0.15, 0.2) is 23.2 Å². The molecule has 16 heavy (non-hydrogen) atoms. The summed E-state index contributed by atoms with van der Waals surface area (Å²) < 4.78 is 26.1. The number of guanidine groups is 1. The smallest absolute Gasteiger partial charge is 0.193 e.